The van der Waals surface area contributed by atoms with Gasteiger partial charge >= 0.3 is 0 Å². The van der Waals surface area contributed by atoms with Gasteiger partial charge in [-0.15, -0.1) is 0 Å². The van der Waals surface area contributed by atoms with Gasteiger partial charge in [0.2, 0.25) is 0 Å². The lowest BCUT2D eigenvalue weighted by Crippen LogP contribution is -1.95. The highest BCUT2D eigenvalue weighted by atomic mass is 35.5. The van der Waals surface area contributed by atoms with Gasteiger partial charge in [-0.25, -0.2) is 0 Å². The standard InChI is InChI=1S/C10H10ClNO/c11-9-5-4-8(7-10(9)13)3-1-2-6-12/h4-5,7,13H,2,6,12H2. The van der Waals surface area contributed by atoms with E-state index in [-0.39, 0.29) is 5.75 Å². The summed E-state index contributed by atoms with van der Waals surface area (Å²) >= 11 is 5.62. The summed E-state index contributed by atoms with van der Waals surface area (Å²) < 4.78 is 0. The normalized spacial score (nSPS) is 9.08. The van der Waals surface area contributed by atoms with Gasteiger partial charge in [0.25, 0.3) is 0 Å². The predicted molar refractivity (Wildman–Crippen MR) is 53.7 cm³/mol. The Hall–Kier alpha value is -1.17. The van der Waals surface area contributed by atoms with Crippen LogP contribution in [0.2, 0.25) is 5.02 Å². The van der Waals surface area contributed by atoms with Crippen LogP contribution >= 0.6 is 11.6 Å². The molecule has 1 aromatic carbocycles. The monoisotopic (exact) mass is 195 g/mol. The number of phenolic OH excluding ortho intramolecular Hbond substituents is 1. The highest BCUT2D eigenvalue weighted by Gasteiger charge is 1.96. The molecule has 0 fully saturated rings. The van der Waals surface area contributed by atoms with Gasteiger partial charge in [-0.2, -0.15) is 0 Å². The summed E-state index contributed by atoms with van der Waals surface area (Å²) in [5, 5.41) is 9.57. The Bertz CT molecular complexity index is 352. The fourth-order valence-corrected chi connectivity index (χ4v) is 0.945. The average molecular weight is 196 g/mol. The zero-order valence-corrected chi connectivity index (χ0v) is 7.80. The van der Waals surface area contributed by atoms with Crippen LogP contribution in [0, 0.1) is 11.8 Å². The molecule has 13 heavy (non-hydrogen) atoms. The van der Waals surface area contributed by atoms with E-state index in [4.69, 9.17) is 17.3 Å². The van der Waals surface area contributed by atoms with Gasteiger partial charge in [0.1, 0.15) is 5.75 Å². The molecule has 0 heterocycles. The summed E-state index contributed by atoms with van der Waals surface area (Å²) in [7, 11) is 0. The van der Waals surface area contributed by atoms with Crippen LogP contribution in [0.3, 0.4) is 0 Å². The second kappa shape index (κ2) is 4.76. The van der Waals surface area contributed by atoms with Crippen molar-refractivity contribution in [3.05, 3.63) is 28.8 Å². The lowest BCUT2D eigenvalue weighted by atomic mass is 10.2. The molecule has 1 rings (SSSR count). The van der Waals surface area contributed by atoms with Crippen molar-refractivity contribution in [2.75, 3.05) is 6.54 Å². The van der Waals surface area contributed by atoms with Crippen molar-refractivity contribution in [1.82, 2.24) is 0 Å². The van der Waals surface area contributed by atoms with Crippen molar-refractivity contribution in [1.29, 1.82) is 0 Å². The molecule has 0 spiro atoms. The molecule has 0 amide bonds. The molecular weight excluding hydrogens is 186 g/mol. The first-order chi connectivity index (χ1) is 6.24. The molecule has 1 aromatic rings. The van der Waals surface area contributed by atoms with Crippen molar-refractivity contribution < 1.29 is 5.11 Å². The van der Waals surface area contributed by atoms with E-state index in [1.807, 2.05) is 0 Å². The Labute approximate surface area is 82.3 Å². The number of phenols is 1. The van der Waals surface area contributed by atoms with Crippen LogP contribution in [-0.2, 0) is 0 Å². The van der Waals surface area contributed by atoms with E-state index in [9.17, 15) is 5.11 Å². The molecule has 0 aliphatic rings. The van der Waals surface area contributed by atoms with E-state index in [0.717, 1.165) is 5.56 Å². The van der Waals surface area contributed by atoms with Crippen LogP contribution < -0.4 is 5.73 Å². The third-order valence-corrected chi connectivity index (χ3v) is 1.77. The second-order valence-corrected chi connectivity index (χ2v) is 2.91. The lowest BCUT2D eigenvalue weighted by Gasteiger charge is -1.95. The summed E-state index contributed by atoms with van der Waals surface area (Å²) in [4.78, 5) is 0. The van der Waals surface area contributed by atoms with Gasteiger partial charge in [0, 0.05) is 18.5 Å². The van der Waals surface area contributed by atoms with Crippen molar-refractivity contribution in [2.45, 2.75) is 6.42 Å². The summed E-state index contributed by atoms with van der Waals surface area (Å²) in [6, 6.07) is 4.90. The lowest BCUT2D eigenvalue weighted by molar-refractivity contribution is 0.475. The largest absolute Gasteiger partial charge is 0.506 e. The average Bonchev–Trinajstić information content (AvgIpc) is 2.12. The number of nitrogens with two attached hydrogens (primary N) is 1. The molecular formula is C10H10ClNO. The maximum Gasteiger partial charge on any atom is 0.135 e. The highest BCUT2D eigenvalue weighted by molar-refractivity contribution is 6.32. The molecule has 3 heteroatoms. The Morgan fingerprint density at radius 1 is 1.46 bits per heavy atom. The van der Waals surface area contributed by atoms with Crippen LogP contribution in [0.1, 0.15) is 12.0 Å². The third kappa shape index (κ3) is 2.98. The van der Waals surface area contributed by atoms with Crippen LogP contribution in [-0.4, -0.2) is 11.7 Å². The SMILES string of the molecule is NCCC#Cc1ccc(Cl)c(O)c1. The number of aromatic hydroxyl groups is 1. The van der Waals surface area contributed by atoms with E-state index in [1.54, 1.807) is 12.1 Å². The first-order valence-electron chi connectivity index (χ1n) is 3.91. The Morgan fingerprint density at radius 3 is 2.85 bits per heavy atom. The fourth-order valence-electron chi connectivity index (χ4n) is 0.827. The molecule has 0 radical (unpaired) electrons. The summed E-state index contributed by atoms with van der Waals surface area (Å²) in [6.45, 7) is 0.548. The number of hydrogen-bond acceptors (Lipinski definition) is 2. The van der Waals surface area contributed by atoms with Crippen LogP contribution in [0.5, 0.6) is 5.75 Å². The molecule has 2 nitrogen and oxygen atoms in total. The number of halogens is 1. The molecule has 0 atom stereocenters. The van der Waals surface area contributed by atoms with Gasteiger partial charge in [-0.1, -0.05) is 23.4 Å². The summed E-state index contributed by atoms with van der Waals surface area (Å²) in [5.74, 6) is 5.79. The Balaban J connectivity index is 2.81. The molecule has 0 aliphatic carbocycles. The minimum Gasteiger partial charge on any atom is -0.506 e. The molecule has 0 unspecified atom stereocenters. The quantitative estimate of drug-likeness (QED) is 0.671. The zero-order chi connectivity index (χ0) is 9.68. The van der Waals surface area contributed by atoms with Gasteiger partial charge in [-0.05, 0) is 18.2 Å². The molecule has 0 aliphatic heterocycles. The second-order valence-electron chi connectivity index (χ2n) is 2.51. The zero-order valence-electron chi connectivity index (χ0n) is 7.05. The van der Waals surface area contributed by atoms with Gasteiger partial charge in [-0.3, -0.25) is 0 Å². The highest BCUT2D eigenvalue weighted by Crippen LogP contribution is 2.22. The van der Waals surface area contributed by atoms with Gasteiger partial charge < -0.3 is 10.8 Å². The summed E-state index contributed by atoms with van der Waals surface area (Å²) in [6.07, 6.45) is 0.656. The minimum atomic E-state index is 0.0567. The maximum atomic E-state index is 9.23. The molecule has 68 valence electrons. The van der Waals surface area contributed by atoms with E-state index in [1.165, 1.54) is 6.07 Å². The van der Waals surface area contributed by atoms with Crippen LogP contribution in [0.4, 0.5) is 0 Å². The molecule has 0 saturated heterocycles. The Kier molecular flexibility index (Phi) is 3.63. The van der Waals surface area contributed by atoms with Crippen molar-refractivity contribution in [3.63, 3.8) is 0 Å². The maximum absolute atomic E-state index is 9.23. The first-order valence-corrected chi connectivity index (χ1v) is 4.29. The van der Waals surface area contributed by atoms with E-state index in [2.05, 4.69) is 11.8 Å². The topological polar surface area (TPSA) is 46.2 Å². The van der Waals surface area contributed by atoms with E-state index in [0.29, 0.717) is 18.0 Å². The first kappa shape index (κ1) is 9.91. The Morgan fingerprint density at radius 2 is 2.23 bits per heavy atom. The number of hydrogen-bond donors (Lipinski definition) is 2. The summed E-state index contributed by atoms with van der Waals surface area (Å²) in [5.41, 5.74) is 6.02. The molecule has 3 N–H and O–H groups in total. The van der Waals surface area contributed by atoms with Gasteiger partial charge in [0.05, 0.1) is 5.02 Å². The minimum absolute atomic E-state index is 0.0567. The van der Waals surface area contributed by atoms with Gasteiger partial charge in [0.15, 0.2) is 0 Å². The predicted octanol–water partition coefficient (Wildman–Crippen LogP) is 1.75. The van der Waals surface area contributed by atoms with Crippen LogP contribution in [0.25, 0.3) is 0 Å². The molecule has 0 aromatic heterocycles. The smallest absolute Gasteiger partial charge is 0.135 e. The fraction of sp³-hybridized carbons (Fsp3) is 0.200. The van der Waals surface area contributed by atoms with Crippen molar-refractivity contribution in [2.24, 2.45) is 5.73 Å². The molecule has 0 saturated carbocycles. The number of benzene rings is 1. The van der Waals surface area contributed by atoms with Crippen LogP contribution in [0.15, 0.2) is 18.2 Å². The van der Waals surface area contributed by atoms with Crippen molar-refractivity contribution in [3.8, 4) is 17.6 Å². The van der Waals surface area contributed by atoms with E-state index >= 15 is 0 Å². The molecule has 0 bridgehead atoms. The van der Waals surface area contributed by atoms with Crippen molar-refractivity contribution >= 4 is 11.6 Å². The third-order valence-electron chi connectivity index (χ3n) is 1.45. The van der Waals surface area contributed by atoms with E-state index < -0.39 is 0 Å². The number of rotatable bonds is 1.